The third-order valence-electron chi connectivity index (χ3n) is 3.55. The molecule has 6 nitrogen and oxygen atoms in total. The second kappa shape index (κ2) is 7.59. The molecule has 7 heteroatoms. The highest BCUT2D eigenvalue weighted by molar-refractivity contribution is 8.00. The number of thioether (sulfide) groups is 1. The van der Waals surface area contributed by atoms with Crippen molar-refractivity contribution in [3.63, 3.8) is 0 Å². The van der Waals surface area contributed by atoms with Gasteiger partial charge in [-0.3, -0.25) is 0 Å². The quantitative estimate of drug-likeness (QED) is 0.580. The smallest absolute Gasteiger partial charge is 0.328 e. The van der Waals surface area contributed by atoms with Gasteiger partial charge in [0, 0.05) is 11.3 Å². The van der Waals surface area contributed by atoms with Crippen molar-refractivity contribution in [1.29, 1.82) is 0 Å². The molecule has 1 rings (SSSR count). The van der Waals surface area contributed by atoms with Gasteiger partial charge in [-0.25, -0.2) is 9.59 Å². The average molecular weight is 290 g/mol. The maximum absolute atomic E-state index is 11.6. The van der Waals surface area contributed by atoms with Crippen LogP contribution in [-0.2, 0) is 4.79 Å². The minimum atomic E-state index is -1.25. The van der Waals surface area contributed by atoms with Crippen molar-refractivity contribution >= 4 is 23.8 Å². The van der Waals surface area contributed by atoms with Crippen LogP contribution in [0.3, 0.4) is 0 Å². The molecule has 19 heavy (non-hydrogen) atoms. The Hall–Kier alpha value is -0.950. The molecule has 0 aliphatic heterocycles. The number of amides is 2. The number of carboxylic acids is 1. The summed E-state index contributed by atoms with van der Waals surface area (Å²) in [5.41, 5.74) is 0. The van der Waals surface area contributed by atoms with E-state index in [1.165, 1.54) is 19.3 Å². The Bertz CT molecular complexity index is 319. The number of aliphatic hydroxyl groups is 1. The topological polar surface area (TPSA) is 98.7 Å². The number of carbonyl (C=O) groups is 2. The number of carbonyl (C=O) groups excluding carboxylic acids is 1. The minimum absolute atomic E-state index is 0.0630. The van der Waals surface area contributed by atoms with E-state index >= 15 is 0 Å². The fourth-order valence-corrected chi connectivity index (χ4v) is 3.20. The molecule has 0 radical (unpaired) electrons. The average Bonchev–Trinajstić information content (AvgIpc) is 2.43. The first kappa shape index (κ1) is 16.1. The third kappa shape index (κ3) is 4.91. The summed E-state index contributed by atoms with van der Waals surface area (Å²) in [6, 6.07) is -1.79. The van der Waals surface area contributed by atoms with Crippen LogP contribution in [0.2, 0.25) is 0 Å². The monoisotopic (exact) mass is 290 g/mol. The summed E-state index contributed by atoms with van der Waals surface area (Å²) >= 11 is 1.76. The van der Waals surface area contributed by atoms with Crippen molar-refractivity contribution in [2.75, 3.05) is 19.4 Å². The number of nitrogens with one attached hydrogen (secondary N) is 2. The minimum Gasteiger partial charge on any atom is -0.480 e. The molecule has 4 N–H and O–H groups in total. The zero-order valence-electron chi connectivity index (χ0n) is 11.1. The van der Waals surface area contributed by atoms with Crippen LogP contribution >= 0.6 is 11.8 Å². The Morgan fingerprint density at radius 2 is 1.95 bits per heavy atom. The molecule has 0 aromatic rings. The van der Waals surface area contributed by atoms with Gasteiger partial charge < -0.3 is 20.8 Å². The van der Waals surface area contributed by atoms with Gasteiger partial charge in [0.15, 0.2) is 6.04 Å². The molecule has 1 aliphatic carbocycles. The molecule has 1 aliphatic rings. The van der Waals surface area contributed by atoms with Gasteiger partial charge in [-0.2, -0.15) is 11.8 Å². The van der Waals surface area contributed by atoms with Crippen LogP contribution < -0.4 is 10.6 Å². The van der Waals surface area contributed by atoms with E-state index in [4.69, 9.17) is 10.2 Å². The molecule has 0 bridgehead atoms. The van der Waals surface area contributed by atoms with Crippen molar-refractivity contribution in [3.8, 4) is 0 Å². The zero-order chi connectivity index (χ0) is 14.3. The van der Waals surface area contributed by atoms with E-state index in [1.807, 2.05) is 6.26 Å². The predicted octanol–water partition coefficient (Wildman–Crippen LogP) is 0.797. The number of urea groups is 1. The summed E-state index contributed by atoms with van der Waals surface area (Å²) < 4.78 is 0.0630. The van der Waals surface area contributed by atoms with E-state index in [9.17, 15) is 9.59 Å². The first-order chi connectivity index (χ1) is 9.03. The second-order valence-electron chi connectivity index (χ2n) is 4.85. The molecule has 2 amide bonds. The Morgan fingerprint density at radius 3 is 2.42 bits per heavy atom. The summed E-state index contributed by atoms with van der Waals surface area (Å²) in [4.78, 5) is 22.3. The molecular formula is C12H22N2O4S. The molecule has 1 saturated carbocycles. The van der Waals surface area contributed by atoms with Crippen molar-refractivity contribution in [1.82, 2.24) is 10.6 Å². The maximum atomic E-state index is 11.6. The van der Waals surface area contributed by atoms with Crippen LogP contribution in [0.25, 0.3) is 0 Å². The van der Waals surface area contributed by atoms with Crippen LogP contribution in [0.5, 0.6) is 0 Å². The zero-order valence-corrected chi connectivity index (χ0v) is 12.0. The van der Waals surface area contributed by atoms with Gasteiger partial charge in [-0.15, -0.1) is 0 Å². The number of aliphatic hydroxyl groups excluding tert-OH is 1. The van der Waals surface area contributed by atoms with Crippen LogP contribution in [0.4, 0.5) is 4.79 Å². The van der Waals surface area contributed by atoms with Crippen LogP contribution in [-0.4, -0.2) is 52.4 Å². The van der Waals surface area contributed by atoms with Crippen molar-refractivity contribution in [3.05, 3.63) is 0 Å². The number of hydrogen-bond donors (Lipinski definition) is 4. The van der Waals surface area contributed by atoms with E-state index in [1.54, 1.807) is 11.8 Å². The van der Waals surface area contributed by atoms with Gasteiger partial charge in [-0.1, -0.05) is 19.3 Å². The third-order valence-corrected chi connectivity index (χ3v) is 4.97. The van der Waals surface area contributed by atoms with E-state index < -0.39 is 24.6 Å². The first-order valence-electron chi connectivity index (χ1n) is 6.46. The summed E-state index contributed by atoms with van der Waals surface area (Å²) in [6.07, 6.45) is 7.74. The van der Waals surface area contributed by atoms with Gasteiger partial charge >= 0.3 is 12.0 Å². The fourth-order valence-electron chi connectivity index (χ4n) is 2.29. The van der Waals surface area contributed by atoms with E-state index in [2.05, 4.69) is 10.6 Å². The molecule has 1 atom stereocenters. The normalized spacial score (nSPS) is 19.5. The molecule has 0 spiro atoms. The number of aliphatic carboxylic acids is 1. The molecular weight excluding hydrogens is 268 g/mol. The lowest BCUT2D eigenvalue weighted by molar-refractivity contribution is -0.140. The summed E-state index contributed by atoms with van der Waals surface area (Å²) in [6.45, 7) is -0.0891. The fraction of sp³-hybridized carbons (Fsp3) is 0.833. The lowest BCUT2D eigenvalue weighted by atomic mass is 9.88. The van der Waals surface area contributed by atoms with Crippen LogP contribution in [0.1, 0.15) is 32.1 Å². The Morgan fingerprint density at radius 1 is 1.32 bits per heavy atom. The summed E-state index contributed by atoms with van der Waals surface area (Å²) in [7, 11) is 0. The lowest BCUT2D eigenvalue weighted by Crippen LogP contribution is -2.51. The predicted molar refractivity (Wildman–Crippen MR) is 74.4 cm³/mol. The standard InChI is InChI=1S/C12H22N2O4S/c1-19-12(5-3-2-4-6-12)8-13-11(18)14-9(7-15)10(16)17/h9,15H,2-8H2,1H3,(H,16,17)(H2,13,14,18)/t9-/m1/s1. The van der Waals surface area contributed by atoms with Gasteiger partial charge in [0.1, 0.15) is 0 Å². The lowest BCUT2D eigenvalue weighted by Gasteiger charge is -2.35. The molecule has 0 saturated heterocycles. The van der Waals surface area contributed by atoms with Crippen LogP contribution in [0.15, 0.2) is 0 Å². The van der Waals surface area contributed by atoms with Gasteiger partial charge in [0.25, 0.3) is 0 Å². The van der Waals surface area contributed by atoms with Gasteiger partial charge in [0.2, 0.25) is 0 Å². The highest BCUT2D eigenvalue weighted by atomic mass is 32.2. The number of hydrogen-bond acceptors (Lipinski definition) is 4. The second-order valence-corrected chi connectivity index (χ2v) is 6.12. The largest absolute Gasteiger partial charge is 0.480 e. The van der Waals surface area contributed by atoms with Gasteiger partial charge in [0.05, 0.1) is 6.61 Å². The molecule has 0 aromatic carbocycles. The molecule has 110 valence electrons. The molecule has 0 heterocycles. The Labute approximate surface area is 117 Å². The highest BCUT2D eigenvalue weighted by Gasteiger charge is 2.31. The summed E-state index contributed by atoms with van der Waals surface area (Å²) in [5.74, 6) is -1.24. The molecule has 0 unspecified atom stereocenters. The maximum Gasteiger partial charge on any atom is 0.328 e. The van der Waals surface area contributed by atoms with E-state index in [0.29, 0.717) is 6.54 Å². The van der Waals surface area contributed by atoms with Crippen molar-refractivity contribution in [2.24, 2.45) is 0 Å². The van der Waals surface area contributed by atoms with E-state index in [-0.39, 0.29) is 4.75 Å². The SMILES string of the molecule is CSC1(CNC(=O)N[C@H](CO)C(=O)O)CCCCC1. The molecule has 0 aromatic heterocycles. The van der Waals surface area contributed by atoms with Crippen molar-refractivity contribution in [2.45, 2.75) is 42.9 Å². The Balaban J connectivity index is 2.41. The first-order valence-corrected chi connectivity index (χ1v) is 7.69. The molecule has 1 fully saturated rings. The van der Waals surface area contributed by atoms with E-state index in [0.717, 1.165) is 12.8 Å². The van der Waals surface area contributed by atoms with Crippen molar-refractivity contribution < 1.29 is 19.8 Å². The highest BCUT2D eigenvalue weighted by Crippen LogP contribution is 2.37. The number of rotatable bonds is 6. The number of carboxylic acid groups (broad SMARTS) is 1. The van der Waals surface area contributed by atoms with Crippen LogP contribution in [0, 0.1) is 0 Å². The Kier molecular flexibility index (Phi) is 6.44. The van der Waals surface area contributed by atoms with Gasteiger partial charge in [-0.05, 0) is 19.1 Å². The summed E-state index contributed by atoms with van der Waals surface area (Å²) in [5, 5.41) is 22.5.